The van der Waals surface area contributed by atoms with Crippen LogP contribution in [0.25, 0.3) is 16.3 Å². The number of rotatable bonds is 8. The van der Waals surface area contributed by atoms with Gasteiger partial charge >= 0.3 is 0 Å². The molecule has 4 aromatic rings. The fourth-order valence-corrected chi connectivity index (χ4v) is 4.35. The summed E-state index contributed by atoms with van der Waals surface area (Å²) in [6.45, 7) is 4.55. The van der Waals surface area contributed by atoms with Crippen molar-refractivity contribution in [1.82, 2.24) is 15.1 Å². The molecule has 33 heavy (non-hydrogen) atoms. The molecular weight excluding hydrogens is 434 g/mol. The number of nitrogens with one attached hydrogen (secondary N) is 1. The molecule has 0 spiro atoms. The van der Waals surface area contributed by atoms with Gasteiger partial charge in [0.1, 0.15) is 11.4 Å². The predicted molar refractivity (Wildman–Crippen MR) is 132 cm³/mol. The predicted octanol–water partition coefficient (Wildman–Crippen LogP) is 5.21. The van der Waals surface area contributed by atoms with Crippen molar-refractivity contribution in [3.05, 3.63) is 82.4 Å². The molecule has 0 aliphatic heterocycles. The van der Waals surface area contributed by atoms with E-state index in [9.17, 15) is 4.79 Å². The number of ether oxygens (including phenoxy) is 2. The van der Waals surface area contributed by atoms with E-state index in [0.717, 1.165) is 32.9 Å². The lowest BCUT2D eigenvalue weighted by molar-refractivity contribution is 0.0946. The van der Waals surface area contributed by atoms with E-state index >= 15 is 0 Å². The monoisotopic (exact) mass is 461 g/mol. The molecule has 6 nitrogen and oxygen atoms in total. The maximum absolute atomic E-state index is 13.2. The molecule has 1 N–H and O–H groups in total. The summed E-state index contributed by atoms with van der Waals surface area (Å²) in [5.74, 6) is 1.20. The first-order valence-corrected chi connectivity index (χ1v) is 11.6. The van der Waals surface area contributed by atoms with Crippen molar-refractivity contribution in [3.8, 4) is 27.8 Å². The second-order valence-electron chi connectivity index (χ2n) is 7.79. The number of benzene rings is 2. The fourth-order valence-electron chi connectivity index (χ4n) is 3.67. The average Bonchev–Trinajstić information content (AvgIpc) is 3.50. The second kappa shape index (κ2) is 9.92. The van der Waals surface area contributed by atoms with Gasteiger partial charge in [-0.1, -0.05) is 24.3 Å². The summed E-state index contributed by atoms with van der Waals surface area (Å²) in [5.41, 5.74) is 5.43. The maximum Gasteiger partial charge on any atom is 0.270 e. The van der Waals surface area contributed by atoms with Crippen molar-refractivity contribution in [1.29, 1.82) is 0 Å². The second-order valence-corrected chi connectivity index (χ2v) is 8.74. The summed E-state index contributed by atoms with van der Waals surface area (Å²) in [6, 6.07) is 17.8. The average molecular weight is 462 g/mol. The van der Waals surface area contributed by atoms with Crippen LogP contribution in [0.3, 0.4) is 0 Å². The summed E-state index contributed by atoms with van der Waals surface area (Å²) in [7, 11) is 3.23. The molecule has 0 aliphatic carbocycles. The highest BCUT2D eigenvalue weighted by molar-refractivity contribution is 7.13. The first kappa shape index (κ1) is 22.6. The summed E-state index contributed by atoms with van der Waals surface area (Å²) in [5, 5.41) is 9.85. The Bertz CT molecular complexity index is 1260. The lowest BCUT2D eigenvalue weighted by atomic mass is 10.1. The Labute approximate surface area is 197 Å². The first-order valence-electron chi connectivity index (χ1n) is 10.7. The molecule has 0 aliphatic rings. The van der Waals surface area contributed by atoms with Gasteiger partial charge in [-0.2, -0.15) is 5.10 Å². The van der Waals surface area contributed by atoms with E-state index in [4.69, 9.17) is 14.6 Å². The Morgan fingerprint density at radius 3 is 2.58 bits per heavy atom. The first-order chi connectivity index (χ1) is 16.0. The third-order valence-corrected chi connectivity index (χ3v) is 6.35. The zero-order chi connectivity index (χ0) is 23.4. The van der Waals surface area contributed by atoms with Gasteiger partial charge in [-0.15, -0.1) is 11.3 Å². The molecule has 0 atom stereocenters. The number of carbonyl (C=O) groups is 1. The van der Waals surface area contributed by atoms with Gasteiger partial charge in [-0.25, -0.2) is 4.68 Å². The van der Waals surface area contributed by atoms with Crippen LogP contribution in [0.15, 0.2) is 60.0 Å². The van der Waals surface area contributed by atoms with E-state index < -0.39 is 0 Å². The number of methoxy groups -OCH3 is 2. The highest BCUT2D eigenvalue weighted by Gasteiger charge is 2.19. The lowest BCUT2D eigenvalue weighted by Crippen LogP contribution is -2.28. The number of nitrogens with zero attached hydrogens (tertiary/aromatic N) is 2. The summed E-state index contributed by atoms with van der Waals surface area (Å²) in [6.07, 6.45) is 0.668. The molecule has 170 valence electrons. The van der Waals surface area contributed by atoms with Crippen molar-refractivity contribution in [2.24, 2.45) is 0 Å². The van der Waals surface area contributed by atoms with Crippen molar-refractivity contribution in [3.63, 3.8) is 0 Å². The summed E-state index contributed by atoms with van der Waals surface area (Å²) >= 11 is 1.60. The van der Waals surface area contributed by atoms with Gasteiger partial charge in [0.15, 0.2) is 11.5 Å². The number of hydrogen-bond acceptors (Lipinski definition) is 5. The Balaban J connectivity index is 1.57. The Hall–Kier alpha value is -3.58. The van der Waals surface area contributed by atoms with E-state index in [1.807, 2.05) is 55.6 Å². The SMILES string of the molecule is COc1ccc(CCNC(=O)c2cc(-c3cccs3)nn2-c2cc(C)ccc2C)cc1OC. The number of carbonyl (C=O) groups excluding carboxylic acids is 1. The van der Waals surface area contributed by atoms with Crippen LogP contribution in [0.4, 0.5) is 0 Å². The van der Waals surface area contributed by atoms with Crippen LogP contribution in [-0.2, 0) is 6.42 Å². The van der Waals surface area contributed by atoms with Crippen LogP contribution in [0.1, 0.15) is 27.2 Å². The third kappa shape index (κ3) is 4.93. The normalized spacial score (nSPS) is 10.8. The number of aromatic nitrogens is 2. The number of amides is 1. The minimum Gasteiger partial charge on any atom is -0.493 e. The lowest BCUT2D eigenvalue weighted by Gasteiger charge is -2.12. The van der Waals surface area contributed by atoms with E-state index in [0.29, 0.717) is 30.2 Å². The Kier molecular flexibility index (Phi) is 6.79. The maximum atomic E-state index is 13.2. The molecule has 2 aromatic carbocycles. The molecule has 0 unspecified atom stereocenters. The molecule has 1 amide bonds. The van der Waals surface area contributed by atoms with Gasteiger partial charge in [-0.3, -0.25) is 4.79 Å². The van der Waals surface area contributed by atoms with Crippen molar-refractivity contribution >= 4 is 17.2 Å². The highest BCUT2D eigenvalue weighted by atomic mass is 32.1. The third-order valence-electron chi connectivity index (χ3n) is 5.46. The molecule has 7 heteroatoms. The summed E-state index contributed by atoms with van der Waals surface area (Å²) < 4.78 is 12.4. The van der Waals surface area contributed by atoms with Crippen molar-refractivity contribution in [2.45, 2.75) is 20.3 Å². The smallest absolute Gasteiger partial charge is 0.270 e. The molecular formula is C26H27N3O3S. The molecule has 4 rings (SSSR count). The zero-order valence-electron chi connectivity index (χ0n) is 19.2. The van der Waals surface area contributed by atoms with Crippen LogP contribution < -0.4 is 14.8 Å². The molecule has 0 saturated carbocycles. The van der Waals surface area contributed by atoms with Crippen LogP contribution in [0, 0.1) is 13.8 Å². The number of hydrogen-bond donors (Lipinski definition) is 1. The highest BCUT2D eigenvalue weighted by Crippen LogP contribution is 2.28. The van der Waals surface area contributed by atoms with Gasteiger partial charge in [0.2, 0.25) is 0 Å². The molecule has 0 fully saturated rings. The zero-order valence-corrected chi connectivity index (χ0v) is 20.0. The van der Waals surface area contributed by atoms with E-state index in [1.165, 1.54) is 0 Å². The van der Waals surface area contributed by atoms with E-state index in [1.54, 1.807) is 30.2 Å². The van der Waals surface area contributed by atoms with Gasteiger partial charge in [-0.05, 0) is 72.7 Å². The van der Waals surface area contributed by atoms with Crippen LogP contribution >= 0.6 is 11.3 Å². The van der Waals surface area contributed by atoms with Crippen LogP contribution in [-0.4, -0.2) is 36.5 Å². The minimum atomic E-state index is -0.160. The van der Waals surface area contributed by atoms with Crippen LogP contribution in [0.2, 0.25) is 0 Å². The minimum absolute atomic E-state index is 0.160. The van der Waals surface area contributed by atoms with Crippen molar-refractivity contribution < 1.29 is 14.3 Å². The van der Waals surface area contributed by atoms with E-state index in [-0.39, 0.29) is 5.91 Å². The Morgan fingerprint density at radius 1 is 1.03 bits per heavy atom. The fraction of sp³-hybridized carbons (Fsp3) is 0.231. The quantitative estimate of drug-likeness (QED) is 0.391. The molecule has 0 radical (unpaired) electrons. The van der Waals surface area contributed by atoms with Gasteiger partial charge in [0, 0.05) is 6.54 Å². The van der Waals surface area contributed by atoms with E-state index in [2.05, 4.69) is 23.5 Å². The molecule has 0 saturated heterocycles. The van der Waals surface area contributed by atoms with Crippen molar-refractivity contribution in [2.75, 3.05) is 20.8 Å². The molecule has 2 heterocycles. The van der Waals surface area contributed by atoms with Gasteiger partial charge in [0.05, 0.1) is 24.8 Å². The standard InChI is InChI=1S/C26H27N3O3S/c1-17-7-8-18(2)21(14-17)29-22(16-20(28-29)25-6-5-13-33-25)26(30)27-12-11-19-9-10-23(31-3)24(15-19)32-4/h5-10,13-16H,11-12H2,1-4H3,(H,27,30). The molecule has 2 aromatic heterocycles. The van der Waals surface area contributed by atoms with Gasteiger partial charge in [0.25, 0.3) is 5.91 Å². The summed E-state index contributed by atoms with van der Waals surface area (Å²) in [4.78, 5) is 14.2. The number of thiophene rings is 1. The molecule has 0 bridgehead atoms. The Morgan fingerprint density at radius 2 is 1.85 bits per heavy atom. The van der Waals surface area contributed by atoms with Gasteiger partial charge < -0.3 is 14.8 Å². The largest absolute Gasteiger partial charge is 0.493 e. The topological polar surface area (TPSA) is 65.4 Å². The van der Waals surface area contributed by atoms with Crippen LogP contribution in [0.5, 0.6) is 11.5 Å². The number of aryl methyl sites for hydroxylation is 2.